The number of H-pyrrole nitrogens is 1. The van der Waals surface area contributed by atoms with Crippen LogP contribution in [-0.2, 0) is 20.7 Å². The summed E-state index contributed by atoms with van der Waals surface area (Å²) in [6.07, 6.45) is 0.142. The van der Waals surface area contributed by atoms with Gasteiger partial charge in [0.2, 0.25) is 5.91 Å². The first-order chi connectivity index (χ1) is 14.7. The fourth-order valence-corrected chi connectivity index (χ4v) is 3.87. The Morgan fingerprint density at radius 2 is 1.87 bits per heavy atom. The van der Waals surface area contributed by atoms with Crippen LogP contribution in [0.1, 0.15) is 25.8 Å². The van der Waals surface area contributed by atoms with E-state index in [1.807, 2.05) is 13.8 Å². The van der Waals surface area contributed by atoms with Crippen molar-refractivity contribution < 1.29 is 27.5 Å². The van der Waals surface area contributed by atoms with Gasteiger partial charge in [0.15, 0.2) is 0 Å². The molecule has 1 atom stereocenters. The molecule has 8 heteroatoms. The number of rotatable bonds is 5. The highest BCUT2D eigenvalue weighted by Crippen LogP contribution is 2.34. The van der Waals surface area contributed by atoms with Crippen molar-refractivity contribution in [2.24, 2.45) is 5.41 Å². The van der Waals surface area contributed by atoms with Crippen molar-refractivity contribution in [3.63, 3.8) is 0 Å². The zero-order valence-electron chi connectivity index (χ0n) is 17.0. The number of hydrogen-bond donors (Lipinski definition) is 2. The summed E-state index contributed by atoms with van der Waals surface area (Å²) in [5, 5.41) is 3.01. The highest BCUT2D eigenvalue weighted by Gasteiger charge is 2.44. The number of halogens is 3. The highest BCUT2D eigenvalue weighted by molar-refractivity contribution is 5.92. The summed E-state index contributed by atoms with van der Waals surface area (Å²) in [6.45, 7) is 3.86. The molecular weight excluding hydrogens is 409 g/mol. The Morgan fingerprint density at radius 3 is 2.52 bits per heavy atom. The van der Waals surface area contributed by atoms with Gasteiger partial charge >= 0.3 is 5.97 Å². The van der Waals surface area contributed by atoms with Gasteiger partial charge in [-0.1, -0.05) is 13.8 Å². The molecular formula is C23H21F3N2O3. The predicted octanol–water partition coefficient (Wildman–Crippen LogP) is 4.25. The van der Waals surface area contributed by atoms with E-state index in [4.69, 9.17) is 4.74 Å². The van der Waals surface area contributed by atoms with E-state index in [9.17, 15) is 22.8 Å². The van der Waals surface area contributed by atoms with Crippen LogP contribution in [-0.4, -0.2) is 29.5 Å². The molecule has 5 nitrogen and oxygen atoms in total. The number of carbonyl (C=O) groups is 2. The van der Waals surface area contributed by atoms with Gasteiger partial charge in [0.25, 0.3) is 0 Å². The van der Waals surface area contributed by atoms with Crippen molar-refractivity contribution in [2.75, 3.05) is 6.61 Å². The first-order valence-electron chi connectivity index (χ1n) is 9.87. The fraction of sp³-hybridized carbons (Fsp3) is 0.304. The molecule has 0 bridgehead atoms. The van der Waals surface area contributed by atoms with Crippen molar-refractivity contribution in [1.29, 1.82) is 0 Å². The van der Waals surface area contributed by atoms with Gasteiger partial charge in [0, 0.05) is 29.0 Å². The van der Waals surface area contributed by atoms with E-state index in [0.717, 1.165) is 6.07 Å². The molecule has 4 rings (SSSR count). The fourth-order valence-electron chi connectivity index (χ4n) is 3.87. The lowest BCUT2D eigenvalue weighted by Gasteiger charge is -2.22. The maximum atomic E-state index is 14.4. The number of carbonyl (C=O) groups excluding carboxylic acids is 2. The lowest BCUT2D eigenvalue weighted by atomic mass is 9.87. The molecule has 0 spiro atoms. The van der Waals surface area contributed by atoms with Crippen LogP contribution in [0.3, 0.4) is 0 Å². The highest BCUT2D eigenvalue weighted by atomic mass is 19.1. The molecule has 31 heavy (non-hydrogen) atoms. The summed E-state index contributed by atoms with van der Waals surface area (Å²) in [5.74, 6) is -2.79. The van der Waals surface area contributed by atoms with Gasteiger partial charge in [-0.3, -0.25) is 4.79 Å². The molecule has 1 unspecified atom stereocenters. The van der Waals surface area contributed by atoms with E-state index >= 15 is 0 Å². The summed E-state index contributed by atoms with van der Waals surface area (Å²) in [7, 11) is 0. The zero-order chi connectivity index (χ0) is 22.3. The molecule has 1 aliphatic heterocycles. The maximum absolute atomic E-state index is 14.4. The minimum atomic E-state index is -0.760. The van der Waals surface area contributed by atoms with Gasteiger partial charge < -0.3 is 15.0 Å². The van der Waals surface area contributed by atoms with Crippen LogP contribution in [0.4, 0.5) is 13.2 Å². The van der Waals surface area contributed by atoms with Crippen LogP contribution in [0.25, 0.3) is 22.2 Å². The Labute approximate surface area is 176 Å². The molecule has 2 aromatic carbocycles. The maximum Gasteiger partial charge on any atom is 0.329 e. The Balaban J connectivity index is 1.64. The molecule has 1 aliphatic rings. The average Bonchev–Trinajstić information content (AvgIpc) is 3.19. The van der Waals surface area contributed by atoms with Crippen molar-refractivity contribution in [3.8, 4) is 11.3 Å². The number of cyclic esters (lactones) is 1. The smallest absolute Gasteiger partial charge is 0.329 e. The van der Waals surface area contributed by atoms with E-state index in [-0.39, 0.29) is 30.9 Å². The Morgan fingerprint density at radius 1 is 1.16 bits per heavy atom. The number of aromatic nitrogens is 1. The van der Waals surface area contributed by atoms with Gasteiger partial charge in [-0.2, -0.15) is 0 Å². The number of fused-ring (bicyclic) bond motifs is 1. The summed E-state index contributed by atoms with van der Waals surface area (Å²) in [6, 6.07) is 6.80. The second-order valence-electron chi connectivity index (χ2n) is 8.39. The molecule has 2 N–H and O–H groups in total. The monoisotopic (exact) mass is 430 g/mol. The normalized spacial score (nSPS) is 17.7. The van der Waals surface area contributed by atoms with Crippen LogP contribution in [0.5, 0.6) is 0 Å². The van der Waals surface area contributed by atoms with Crippen LogP contribution < -0.4 is 5.32 Å². The second kappa shape index (κ2) is 7.76. The molecule has 0 aliphatic carbocycles. The van der Waals surface area contributed by atoms with E-state index in [1.54, 1.807) is 0 Å². The topological polar surface area (TPSA) is 71.2 Å². The van der Waals surface area contributed by atoms with Crippen LogP contribution in [0.15, 0.2) is 36.4 Å². The van der Waals surface area contributed by atoms with Crippen LogP contribution in [0, 0.1) is 22.9 Å². The number of ether oxygens (including phenoxy) is 1. The standard InChI is InChI=1S/C23H21F3N2O3/c1-23(2)11-31-22(30)21(23)27-18(29)8-7-15-16-9-14(25)10-17(26)20(16)28-19(15)12-3-5-13(24)6-4-12/h3-6,9-10,21,28H,7-8,11H2,1-2H3,(H,27,29). The van der Waals surface area contributed by atoms with E-state index in [2.05, 4.69) is 10.3 Å². The van der Waals surface area contributed by atoms with Gasteiger partial charge in [-0.05, 0) is 47.9 Å². The van der Waals surface area contributed by atoms with Crippen molar-refractivity contribution >= 4 is 22.8 Å². The summed E-state index contributed by atoms with van der Waals surface area (Å²) >= 11 is 0. The zero-order valence-corrected chi connectivity index (χ0v) is 17.0. The third-order valence-electron chi connectivity index (χ3n) is 5.58. The van der Waals surface area contributed by atoms with E-state index < -0.39 is 34.9 Å². The first kappa shape index (κ1) is 21.0. The number of amides is 1. The molecule has 0 saturated carbocycles. The molecule has 3 aromatic rings. The number of nitrogens with one attached hydrogen (secondary N) is 2. The number of hydrogen-bond acceptors (Lipinski definition) is 3. The quantitative estimate of drug-likeness (QED) is 0.595. The molecule has 2 heterocycles. The Kier molecular flexibility index (Phi) is 5.24. The van der Waals surface area contributed by atoms with Gasteiger partial charge in [0.1, 0.15) is 23.5 Å². The summed E-state index contributed by atoms with van der Waals surface area (Å²) in [5.41, 5.74) is 1.17. The predicted molar refractivity (Wildman–Crippen MR) is 109 cm³/mol. The van der Waals surface area contributed by atoms with E-state index in [1.165, 1.54) is 30.3 Å². The Hall–Kier alpha value is -3.29. The lowest BCUT2D eigenvalue weighted by Crippen LogP contribution is -2.46. The number of benzene rings is 2. The SMILES string of the molecule is CC1(C)COC(=O)C1NC(=O)CCc1c(-c2ccc(F)cc2)[nH]c2c(F)cc(F)cc12. The number of aryl methyl sites for hydroxylation is 1. The van der Waals surface area contributed by atoms with Crippen molar-refractivity contribution in [3.05, 3.63) is 59.4 Å². The second-order valence-corrected chi connectivity index (χ2v) is 8.39. The Bertz CT molecular complexity index is 1170. The minimum Gasteiger partial charge on any atom is -0.463 e. The van der Waals surface area contributed by atoms with Gasteiger partial charge in [-0.15, -0.1) is 0 Å². The minimum absolute atomic E-state index is 0.0147. The molecule has 162 valence electrons. The van der Waals surface area contributed by atoms with Crippen molar-refractivity contribution in [2.45, 2.75) is 32.7 Å². The molecule has 0 radical (unpaired) electrons. The molecule has 1 amide bonds. The molecule has 1 saturated heterocycles. The summed E-state index contributed by atoms with van der Waals surface area (Å²) in [4.78, 5) is 27.4. The van der Waals surface area contributed by atoms with Gasteiger partial charge in [-0.25, -0.2) is 18.0 Å². The lowest BCUT2D eigenvalue weighted by molar-refractivity contribution is -0.141. The number of esters is 1. The van der Waals surface area contributed by atoms with Crippen LogP contribution in [0.2, 0.25) is 0 Å². The number of aromatic amines is 1. The van der Waals surface area contributed by atoms with Crippen LogP contribution >= 0.6 is 0 Å². The largest absolute Gasteiger partial charge is 0.463 e. The van der Waals surface area contributed by atoms with E-state index in [0.29, 0.717) is 22.2 Å². The molecule has 1 fully saturated rings. The molecule has 1 aromatic heterocycles. The first-order valence-corrected chi connectivity index (χ1v) is 9.87. The third-order valence-corrected chi connectivity index (χ3v) is 5.58. The van der Waals surface area contributed by atoms with Crippen molar-refractivity contribution in [1.82, 2.24) is 10.3 Å². The van der Waals surface area contributed by atoms with Gasteiger partial charge in [0.05, 0.1) is 12.1 Å². The third kappa shape index (κ3) is 4.02. The summed E-state index contributed by atoms with van der Waals surface area (Å²) < 4.78 is 46.6. The average molecular weight is 430 g/mol.